The van der Waals surface area contributed by atoms with Crippen LogP contribution in [0.3, 0.4) is 0 Å². The Morgan fingerprint density at radius 2 is 1.96 bits per heavy atom. The van der Waals surface area contributed by atoms with Crippen molar-refractivity contribution in [3.05, 3.63) is 59.8 Å². The summed E-state index contributed by atoms with van der Waals surface area (Å²) < 4.78 is 11.0. The smallest absolute Gasteiger partial charge is 0.262 e. The van der Waals surface area contributed by atoms with Crippen molar-refractivity contribution in [2.45, 2.75) is 6.10 Å². The van der Waals surface area contributed by atoms with Crippen LogP contribution in [-0.2, 0) is 4.79 Å². The highest BCUT2D eigenvalue weighted by molar-refractivity contribution is 6.31. The number of primary amides is 1. The van der Waals surface area contributed by atoms with Crippen molar-refractivity contribution in [2.24, 2.45) is 5.73 Å². The normalized spacial score (nSPS) is 11.9. The maximum absolute atomic E-state index is 11.6. The van der Waals surface area contributed by atoms with E-state index in [0.29, 0.717) is 21.8 Å². The van der Waals surface area contributed by atoms with Gasteiger partial charge in [0.15, 0.2) is 0 Å². The van der Waals surface area contributed by atoms with E-state index in [2.05, 4.69) is 9.97 Å². The van der Waals surface area contributed by atoms with Crippen LogP contribution in [0.4, 0.5) is 0 Å². The molecule has 7 heteroatoms. The molecule has 0 bridgehead atoms. The van der Waals surface area contributed by atoms with Gasteiger partial charge in [-0.1, -0.05) is 29.8 Å². The van der Waals surface area contributed by atoms with E-state index in [1.165, 1.54) is 6.20 Å². The molecule has 0 aliphatic rings. The van der Waals surface area contributed by atoms with Gasteiger partial charge in [-0.15, -0.1) is 0 Å². The van der Waals surface area contributed by atoms with E-state index in [9.17, 15) is 4.79 Å². The van der Waals surface area contributed by atoms with Crippen molar-refractivity contribution in [3.63, 3.8) is 0 Å². The van der Waals surface area contributed by atoms with Crippen LogP contribution >= 0.6 is 11.6 Å². The third-order valence-electron chi connectivity index (χ3n) is 3.21. The molecule has 2 N–H and O–H groups in total. The number of amides is 1. The molecule has 1 unspecified atom stereocenters. The fraction of sp³-hybridized carbons (Fsp3) is 0.118. The van der Waals surface area contributed by atoms with Crippen LogP contribution in [0.25, 0.3) is 11.0 Å². The number of ether oxygens (including phenoxy) is 2. The highest BCUT2D eigenvalue weighted by Gasteiger charge is 2.19. The van der Waals surface area contributed by atoms with Gasteiger partial charge in [0.05, 0.1) is 17.2 Å². The quantitative estimate of drug-likeness (QED) is 0.743. The third kappa shape index (κ3) is 3.91. The number of rotatable bonds is 6. The second-order valence-corrected chi connectivity index (χ2v) is 5.41. The molecular formula is C17H14ClN3O3. The molecular weight excluding hydrogens is 330 g/mol. The summed E-state index contributed by atoms with van der Waals surface area (Å²) in [5.41, 5.74) is 6.60. The van der Waals surface area contributed by atoms with E-state index in [1.807, 2.05) is 18.2 Å². The lowest BCUT2D eigenvalue weighted by atomic mass is 10.3. The molecule has 0 aliphatic carbocycles. The number of nitrogens with zero attached hydrogens (tertiary/aromatic N) is 2. The van der Waals surface area contributed by atoms with Gasteiger partial charge in [-0.3, -0.25) is 4.79 Å². The lowest BCUT2D eigenvalue weighted by Gasteiger charge is -2.16. The summed E-state index contributed by atoms with van der Waals surface area (Å²) in [6, 6.07) is 14.2. The first-order valence-electron chi connectivity index (χ1n) is 7.18. The predicted octanol–water partition coefficient (Wildman–Crippen LogP) is 2.59. The topological polar surface area (TPSA) is 87.3 Å². The van der Waals surface area contributed by atoms with Crippen molar-refractivity contribution >= 4 is 28.5 Å². The molecule has 3 rings (SSSR count). The third-order valence-corrected chi connectivity index (χ3v) is 3.44. The summed E-state index contributed by atoms with van der Waals surface area (Å²) in [7, 11) is 0. The van der Waals surface area contributed by atoms with Crippen LogP contribution < -0.4 is 15.2 Å². The van der Waals surface area contributed by atoms with E-state index in [1.54, 1.807) is 30.3 Å². The zero-order valence-corrected chi connectivity index (χ0v) is 13.3. The number of carbonyl (C=O) groups is 1. The Bertz CT molecular complexity index is 858. The Hall–Kier alpha value is -2.86. The van der Waals surface area contributed by atoms with E-state index >= 15 is 0 Å². The highest BCUT2D eigenvalue weighted by Crippen LogP contribution is 2.19. The van der Waals surface area contributed by atoms with Gasteiger partial charge in [-0.25, -0.2) is 9.97 Å². The first kappa shape index (κ1) is 16.0. The van der Waals surface area contributed by atoms with Crippen LogP contribution in [-0.4, -0.2) is 28.6 Å². The van der Waals surface area contributed by atoms with Gasteiger partial charge >= 0.3 is 0 Å². The van der Waals surface area contributed by atoms with Crippen LogP contribution in [0, 0.1) is 0 Å². The summed E-state index contributed by atoms with van der Waals surface area (Å²) in [6.07, 6.45) is 0.436. The summed E-state index contributed by atoms with van der Waals surface area (Å²) >= 11 is 5.94. The zero-order valence-electron chi connectivity index (χ0n) is 12.6. The van der Waals surface area contributed by atoms with Gasteiger partial charge in [0, 0.05) is 5.02 Å². The van der Waals surface area contributed by atoms with Crippen molar-refractivity contribution in [1.29, 1.82) is 0 Å². The minimum absolute atomic E-state index is 0.0331. The molecule has 0 spiro atoms. The Morgan fingerprint density at radius 1 is 1.17 bits per heavy atom. The summed E-state index contributed by atoms with van der Waals surface area (Å²) in [5.74, 6) is 0.132. The second-order valence-electron chi connectivity index (χ2n) is 4.97. The molecule has 0 saturated heterocycles. The average molecular weight is 344 g/mol. The van der Waals surface area contributed by atoms with Crippen LogP contribution in [0.2, 0.25) is 5.02 Å². The second kappa shape index (κ2) is 7.14. The molecule has 0 saturated carbocycles. The van der Waals surface area contributed by atoms with Crippen molar-refractivity contribution < 1.29 is 14.3 Å². The number of nitrogens with two attached hydrogens (primary N) is 1. The van der Waals surface area contributed by atoms with Crippen LogP contribution in [0.15, 0.2) is 54.7 Å². The van der Waals surface area contributed by atoms with Gasteiger partial charge in [0.2, 0.25) is 12.0 Å². The zero-order chi connectivity index (χ0) is 16.9. The number of hydrogen-bond donors (Lipinski definition) is 1. The van der Waals surface area contributed by atoms with Crippen LogP contribution in [0.1, 0.15) is 0 Å². The number of fused-ring (bicyclic) bond motifs is 1. The number of halogens is 1. The summed E-state index contributed by atoms with van der Waals surface area (Å²) in [6.45, 7) is -0.0331. The number of benzene rings is 2. The molecule has 24 heavy (non-hydrogen) atoms. The molecule has 122 valence electrons. The monoisotopic (exact) mass is 343 g/mol. The summed E-state index contributed by atoms with van der Waals surface area (Å²) in [5, 5.41) is 0.535. The average Bonchev–Trinajstić information content (AvgIpc) is 2.59. The maximum atomic E-state index is 11.6. The fourth-order valence-electron chi connectivity index (χ4n) is 2.03. The first-order valence-corrected chi connectivity index (χ1v) is 7.56. The molecule has 1 heterocycles. The molecule has 6 nitrogen and oxygen atoms in total. The molecule has 1 amide bonds. The standard InChI is InChI=1S/C17H14ClN3O3/c18-11-6-7-13-14(8-11)21-16(9-20-13)24-15(17(19)22)10-23-12-4-2-1-3-5-12/h1-9,15H,10H2,(H2,19,22). The van der Waals surface area contributed by atoms with E-state index in [-0.39, 0.29) is 12.5 Å². The van der Waals surface area contributed by atoms with Gasteiger partial charge in [-0.05, 0) is 30.3 Å². The minimum Gasteiger partial charge on any atom is -0.489 e. The Balaban J connectivity index is 1.74. The number of aromatic nitrogens is 2. The number of para-hydroxylation sites is 1. The molecule has 0 fully saturated rings. The van der Waals surface area contributed by atoms with E-state index in [0.717, 1.165) is 0 Å². The van der Waals surface area contributed by atoms with E-state index < -0.39 is 12.0 Å². The Labute approximate surface area is 143 Å². The first-order chi connectivity index (χ1) is 11.6. The lowest BCUT2D eigenvalue weighted by Crippen LogP contribution is -2.38. The largest absolute Gasteiger partial charge is 0.489 e. The van der Waals surface area contributed by atoms with Gasteiger partial charge in [0.25, 0.3) is 5.91 Å². The SMILES string of the molecule is NC(=O)C(COc1ccccc1)Oc1cnc2ccc(Cl)cc2n1. The molecule has 2 aromatic carbocycles. The summed E-state index contributed by atoms with van der Waals surface area (Å²) in [4.78, 5) is 20.1. The van der Waals surface area contributed by atoms with E-state index in [4.69, 9.17) is 26.8 Å². The molecule has 0 aliphatic heterocycles. The predicted molar refractivity (Wildman–Crippen MR) is 90.1 cm³/mol. The van der Waals surface area contributed by atoms with Gasteiger partial charge < -0.3 is 15.2 Å². The Morgan fingerprint density at radius 3 is 2.71 bits per heavy atom. The maximum Gasteiger partial charge on any atom is 0.262 e. The molecule has 1 atom stereocenters. The minimum atomic E-state index is -0.990. The van der Waals surface area contributed by atoms with Crippen molar-refractivity contribution in [3.8, 4) is 11.6 Å². The van der Waals surface area contributed by atoms with Gasteiger partial charge in [-0.2, -0.15) is 0 Å². The lowest BCUT2D eigenvalue weighted by molar-refractivity contribution is -0.126. The number of carbonyl (C=O) groups excluding carboxylic acids is 1. The van der Waals surface area contributed by atoms with Crippen LogP contribution in [0.5, 0.6) is 11.6 Å². The van der Waals surface area contributed by atoms with Crippen molar-refractivity contribution in [2.75, 3.05) is 6.61 Å². The molecule has 0 radical (unpaired) electrons. The Kier molecular flexibility index (Phi) is 4.77. The highest BCUT2D eigenvalue weighted by atomic mass is 35.5. The fourth-order valence-corrected chi connectivity index (χ4v) is 2.20. The van der Waals surface area contributed by atoms with Gasteiger partial charge in [0.1, 0.15) is 12.4 Å². The molecule has 1 aromatic heterocycles. The molecule has 3 aromatic rings. The van der Waals surface area contributed by atoms with Crippen molar-refractivity contribution in [1.82, 2.24) is 9.97 Å². The number of hydrogen-bond acceptors (Lipinski definition) is 5.